The third-order valence-corrected chi connectivity index (χ3v) is 4.64. The molecular formula is C22H37NO4. The van der Waals surface area contributed by atoms with Crippen molar-refractivity contribution < 1.29 is 14.6 Å². The summed E-state index contributed by atoms with van der Waals surface area (Å²) in [5.41, 5.74) is -0.0482. The molecule has 0 aromatic heterocycles. The number of unbranched alkanes of at least 4 members (excludes halogenated alkanes) is 10. The van der Waals surface area contributed by atoms with E-state index in [9.17, 15) is 10.0 Å². The Morgan fingerprint density at radius 1 is 0.778 bits per heavy atom. The molecule has 1 N–H and O–H groups in total. The van der Waals surface area contributed by atoms with Crippen LogP contribution in [-0.2, 0) is 0 Å². The predicted molar refractivity (Wildman–Crippen MR) is 111 cm³/mol. The fraction of sp³-hybridized carbons (Fsp3) is 0.727. The van der Waals surface area contributed by atoms with Gasteiger partial charge in [-0.1, -0.05) is 78.1 Å². The minimum absolute atomic E-state index is 0.0482. The number of hydrogen-bond donors (Lipinski definition) is 1. The predicted octanol–water partition coefficient (Wildman–Crippen LogP) is 7.27. The highest BCUT2D eigenvalue weighted by Gasteiger charge is 2.13. The highest BCUT2D eigenvalue weighted by atomic mass is 16.5. The molecule has 0 saturated heterocycles. The SMILES string of the molecule is CCCCCCCCOc1cc(O)c(N=O)c(OCCCCCCCC)c1. The van der Waals surface area contributed by atoms with Gasteiger partial charge in [0.2, 0.25) is 0 Å². The summed E-state index contributed by atoms with van der Waals surface area (Å²) in [7, 11) is 0. The number of nitrogens with zero attached hydrogens (tertiary/aromatic N) is 1. The van der Waals surface area contributed by atoms with Gasteiger partial charge in [-0.2, -0.15) is 0 Å². The molecule has 1 rings (SSSR count). The lowest BCUT2D eigenvalue weighted by atomic mass is 10.1. The summed E-state index contributed by atoms with van der Waals surface area (Å²) in [6, 6.07) is 3.09. The van der Waals surface area contributed by atoms with Crippen molar-refractivity contribution in [3.05, 3.63) is 17.0 Å². The molecule has 27 heavy (non-hydrogen) atoms. The van der Waals surface area contributed by atoms with Gasteiger partial charge in [-0.3, -0.25) is 0 Å². The van der Waals surface area contributed by atoms with Crippen LogP contribution >= 0.6 is 0 Å². The number of phenols is 1. The van der Waals surface area contributed by atoms with Gasteiger partial charge >= 0.3 is 0 Å². The van der Waals surface area contributed by atoms with Crippen molar-refractivity contribution in [1.29, 1.82) is 0 Å². The van der Waals surface area contributed by atoms with Crippen molar-refractivity contribution in [3.63, 3.8) is 0 Å². The fourth-order valence-corrected chi connectivity index (χ4v) is 2.99. The van der Waals surface area contributed by atoms with E-state index in [0.29, 0.717) is 24.7 Å². The molecule has 0 radical (unpaired) electrons. The van der Waals surface area contributed by atoms with Crippen LogP contribution in [0.4, 0.5) is 5.69 Å². The van der Waals surface area contributed by atoms with Crippen LogP contribution in [0.2, 0.25) is 0 Å². The van der Waals surface area contributed by atoms with Gasteiger partial charge in [0, 0.05) is 12.1 Å². The molecule has 154 valence electrons. The summed E-state index contributed by atoms with van der Waals surface area (Å²) in [6.07, 6.45) is 14.1. The van der Waals surface area contributed by atoms with E-state index in [1.165, 1.54) is 57.4 Å². The lowest BCUT2D eigenvalue weighted by molar-refractivity contribution is 0.288. The molecule has 0 amide bonds. The minimum atomic E-state index is -0.191. The van der Waals surface area contributed by atoms with Crippen molar-refractivity contribution in [2.24, 2.45) is 5.18 Å². The van der Waals surface area contributed by atoms with E-state index in [1.54, 1.807) is 6.07 Å². The van der Waals surface area contributed by atoms with Crippen molar-refractivity contribution in [3.8, 4) is 17.2 Å². The Hall–Kier alpha value is -1.78. The zero-order valence-electron chi connectivity index (χ0n) is 17.2. The fourth-order valence-electron chi connectivity index (χ4n) is 2.99. The average Bonchev–Trinajstić information content (AvgIpc) is 2.66. The molecule has 0 saturated carbocycles. The lowest BCUT2D eigenvalue weighted by Gasteiger charge is -2.12. The minimum Gasteiger partial charge on any atom is -0.505 e. The highest BCUT2D eigenvalue weighted by Crippen LogP contribution is 2.40. The molecular weight excluding hydrogens is 342 g/mol. The number of aromatic hydroxyl groups is 1. The molecule has 0 spiro atoms. The Morgan fingerprint density at radius 2 is 1.30 bits per heavy atom. The third-order valence-electron chi connectivity index (χ3n) is 4.64. The summed E-state index contributed by atoms with van der Waals surface area (Å²) in [6.45, 7) is 5.51. The topological polar surface area (TPSA) is 68.1 Å². The molecule has 1 aromatic rings. The zero-order chi connectivity index (χ0) is 19.7. The molecule has 0 fully saturated rings. The van der Waals surface area contributed by atoms with Crippen molar-refractivity contribution in [1.82, 2.24) is 0 Å². The maximum atomic E-state index is 11.0. The van der Waals surface area contributed by atoms with Crippen LogP contribution in [0.5, 0.6) is 17.2 Å². The van der Waals surface area contributed by atoms with Gasteiger partial charge < -0.3 is 14.6 Å². The van der Waals surface area contributed by atoms with E-state index < -0.39 is 0 Å². The Bertz CT molecular complexity index is 519. The molecule has 0 bridgehead atoms. The molecule has 1 aromatic carbocycles. The van der Waals surface area contributed by atoms with E-state index in [-0.39, 0.29) is 11.4 Å². The van der Waals surface area contributed by atoms with Gasteiger partial charge in [0.1, 0.15) is 5.75 Å². The Labute approximate surface area is 164 Å². The summed E-state index contributed by atoms with van der Waals surface area (Å²) in [4.78, 5) is 11.0. The van der Waals surface area contributed by atoms with Crippen LogP contribution in [0.3, 0.4) is 0 Å². The molecule has 0 heterocycles. The first-order valence-corrected chi connectivity index (χ1v) is 10.7. The van der Waals surface area contributed by atoms with Crippen LogP contribution in [-0.4, -0.2) is 18.3 Å². The summed E-state index contributed by atoms with van der Waals surface area (Å²) in [5, 5.41) is 12.9. The number of rotatable bonds is 17. The highest BCUT2D eigenvalue weighted by molar-refractivity contribution is 5.64. The van der Waals surface area contributed by atoms with Crippen molar-refractivity contribution in [2.75, 3.05) is 13.2 Å². The molecule has 5 heteroatoms. The maximum Gasteiger partial charge on any atom is 0.191 e. The smallest absolute Gasteiger partial charge is 0.191 e. The first-order valence-electron chi connectivity index (χ1n) is 10.7. The van der Waals surface area contributed by atoms with Gasteiger partial charge in [0.25, 0.3) is 0 Å². The van der Waals surface area contributed by atoms with E-state index in [2.05, 4.69) is 19.0 Å². The van der Waals surface area contributed by atoms with Gasteiger partial charge in [0.15, 0.2) is 17.2 Å². The molecule has 5 nitrogen and oxygen atoms in total. The number of phenolic OH excluding ortho intramolecular Hbond substituents is 1. The lowest BCUT2D eigenvalue weighted by Crippen LogP contribution is -2.00. The van der Waals surface area contributed by atoms with Crippen LogP contribution < -0.4 is 9.47 Å². The first kappa shape index (κ1) is 23.3. The number of nitroso groups, excluding NO2 is 1. The number of hydrogen-bond acceptors (Lipinski definition) is 5. The number of benzene rings is 1. The summed E-state index contributed by atoms with van der Waals surface area (Å²) < 4.78 is 11.4. The molecule has 0 atom stereocenters. The molecule has 0 aliphatic carbocycles. The van der Waals surface area contributed by atoms with Crippen LogP contribution in [0, 0.1) is 4.91 Å². The first-order chi connectivity index (χ1) is 13.2. The van der Waals surface area contributed by atoms with Crippen LogP contribution in [0.15, 0.2) is 17.3 Å². The molecule has 0 aliphatic heterocycles. The van der Waals surface area contributed by atoms with Crippen LogP contribution in [0.1, 0.15) is 90.9 Å². The standard InChI is InChI=1S/C22H37NO4/c1-3-5-7-9-11-13-15-26-19-17-20(24)22(23-25)21(18-19)27-16-14-12-10-8-6-4-2/h17-18,24H,3-16H2,1-2H3. The van der Waals surface area contributed by atoms with Gasteiger partial charge in [-0.15, -0.1) is 4.91 Å². The second kappa shape index (κ2) is 15.3. The van der Waals surface area contributed by atoms with Crippen molar-refractivity contribution in [2.45, 2.75) is 90.9 Å². The third kappa shape index (κ3) is 10.2. The van der Waals surface area contributed by atoms with Gasteiger partial charge in [0.05, 0.1) is 13.2 Å². The zero-order valence-corrected chi connectivity index (χ0v) is 17.2. The second-order valence-corrected chi connectivity index (χ2v) is 7.11. The normalized spacial score (nSPS) is 10.7. The monoisotopic (exact) mass is 379 g/mol. The number of ether oxygens (including phenoxy) is 2. The van der Waals surface area contributed by atoms with E-state index >= 15 is 0 Å². The summed E-state index contributed by atoms with van der Waals surface area (Å²) >= 11 is 0. The van der Waals surface area contributed by atoms with E-state index in [0.717, 1.165) is 25.7 Å². The van der Waals surface area contributed by atoms with E-state index in [1.807, 2.05) is 0 Å². The molecule has 0 unspecified atom stereocenters. The average molecular weight is 380 g/mol. The quantitative estimate of drug-likeness (QED) is 0.228. The summed E-state index contributed by atoms with van der Waals surface area (Å²) in [5.74, 6) is 0.631. The van der Waals surface area contributed by atoms with Gasteiger partial charge in [-0.25, -0.2) is 0 Å². The van der Waals surface area contributed by atoms with E-state index in [4.69, 9.17) is 9.47 Å². The Morgan fingerprint density at radius 3 is 1.85 bits per heavy atom. The largest absolute Gasteiger partial charge is 0.505 e. The maximum absolute atomic E-state index is 11.0. The second-order valence-electron chi connectivity index (χ2n) is 7.11. The Balaban J connectivity index is 2.41. The van der Waals surface area contributed by atoms with Crippen LogP contribution in [0.25, 0.3) is 0 Å². The Kier molecular flexibility index (Phi) is 13.2. The van der Waals surface area contributed by atoms with Gasteiger partial charge in [-0.05, 0) is 18.0 Å². The van der Waals surface area contributed by atoms with Crippen molar-refractivity contribution >= 4 is 5.69 Å². The molecule has 0 aliphatic rings.